The number of amides is 2. The van der Waals surface area contributed by atoms with Crippen molar-refractivity contribution in [2.45, 2.75) is 32.5 Å². The van der Waals surface area contributed by atoms with Gasteiger partial charge in [-0.15, -0.1) is 0 Å². The maximum absolute atomic E-state index is 12.7. The van der Waals surface area contributed by atoms with Crippen LogP contribution in [0.2, 0.25) is 5.02 Å². The van der Waals surface area contributed by atoms with E-state index in [1.54, 1.807) is 18.2 Å². The fraction of sp³-hybridized carbons (Fsp3) is 0.300. The van der Waals surface area contributed by atoms with Crippen LogP contribution in [0.15, 0.2) is 42.5 Å². The van der Waals surface area contributed by atoms with Gasteiger partial charge in [-0.2, -0.15) is 0 Å². The topological polar surface area (TPSA) is 67.4 Å². The van der Waals surface area contributed by atoms with Crippen molar-refractivity contribution >= 4 is 23.4 Å². The first-order valence-corrected chi connectivity index (χ1v) is 8.83. The van der Waals surface area contributed by atoms with E-state index in [9.17, 15) is 9.59 Å². The first kappa shape index (κ1) is 18.4. The summed E-state index contributed by atoms with van der Waals surface area (Å²) < 4.78 is 5.53. The van der Waals surface area contributed by atoms with E-state index in [4.69, 9.17) is 16.3 Å². The van der Waals surface area contributed by atoms with Crippen LogP contribution in [0.5, 0.6) is 0 Å². The number of ether oxygens (including phenoxy) is 1. The molecular formula is C20H21ClN2O3. The van der Waals surface area contributed by atoms with Crippen LogP contribution in [0.1, 0.15) is 28.3 Å². The summed E-state index contributed by atoms with van der Waals surface area (Å²) in [7, 11) is 0. The molecule has 5 nitrogen and oxygen atoms in total. The van der Waals surface area contributed by atoms with E-state index in [2.05, 4.69) is 10.6 Å². The predicted octanol–water partition coefficient (Wildman–Crippen LogP) is 2.83. The summed E-state index contributed by atoms with van der Waals surface area (Å²) in [5.74, 6) is -0.552. The monoisotopic (exact) mass is 372 g/mol. The summed E-state index contributed by atoms with van der Waals surface area (Å²) in [6.07, 6.45) is -0.835. The number of carbonyl (C=O) groups is 2. The van der Waals surface area contributed by atoms with Crippen LogP contribution < -0.4 is 10.6 Å². The molecule has 0 bridgehead atoms. The molecule has 0 aromatic heterocycles. The van der Waals surface area contributed by atoms with Crippen LogP contribution in [0.4, 0.5) is 0 Å². The molecule has 0 saturated carbocycles. The lowest BCUT2D eigenvalue weighted by Crippen LogP contribution is -2.52. The second-order valence-corrected chi connectivity index (χ2v) is 6.78. The van der Waals surface area contributed by atoms with Crippen molar-refractivity contribution in [1.82, 2.24) is 10.6 Å². The standard InChI is InChI=1S/C20H21ClN2O3/c1-12-6-5-7-14(13(12)2)10-22-20(25)19-18(23-17(24)11-26-19)15-8-3-4-9-16(15)21/h3-9,18-19H,10-11H2,1-2H3,(H,22,25)(H,23,24)/t18-,19+/m1/s1. The van der Waals surface area contributed by atoms with Crippen LogP contribution in [-0.4, -0.2) is 24.5 Å². The predicted molar refractivity (Wildman–Crippen MR) is 99.8 cm³/mol. The van der Waals surface area contributed by atoms with Crippen molar-refractivity contribution in [2.75, 3.05) is 6.61 Å². The molecule has 136 valence electrons. The van der Waals surface area contributed by atoms with Gasteiger partial charge in [0, 0.05) is 11.6 Å². The number of hydrogen-bond donors (Lipinski definition) is 2. The first-order valence-electron chi connectivity index (χ1n) is 8.45. The highest BCUT2D eigenvalue weighted by Crippen LogP contribution is 2.28. The van der Waals surface area contributed by atoms with Gasteiger partial charge in [0.2, 0.25) is 5.91 Å². The van der Waals surface area contributed by atoms with E-state index in [-0.39, 0.29) is 18.4 Å². The Balaban J connectivity index is 1.77. The van der Waals surface area contributed by atoms with Gasteiger partial charge in [0.05, 0.1) is 6.04 Å². The summed E-state index contributed by atoms with van der Waals surface area (Å²) in [6, 6.07) is 12.5. The van der Waals surface area contributed by atoms with Crippen molar-refractivity contribution in [3.8, 4) is 0 Å². The summed E-state index contributed by atoms with van der Waals surface area (Å²) in [6.45, 7) is 4.31. The lowest BCUT2D eigenvalue weighted by atomic mass is 9.98. The molecule has 2 N–H and O–H groups in total. The van der Waals surface area contributed by atoms with Crippen LogP contribution in [0, 0.1) is 13.8 Å². The average Bonchev–Trinajstić information content (AvgIpc) is 2.63. The molecule has 0 radical (unpaired) electrons. The molecule has 2 aromatic carbocycles. The minimum Gasteiger partial charge on any atom is -0.356 e. The van der Waals surface area contributed by atoms with E-state index in [0.29, 0.717) is 17.1 Å². The minimum atomic E-state index is -0.835. The number of aryl methyl sites for hydroxylation is 1. The summed E-state index contributed by atoms with van der Waals surface area (Å²) in [5.41, 5.74) is 4.03. The molecule has 1 fully saturated rings. The number of hydrogen-bond acceptors (Lipinski definition) is 3. The lowest BCUT2D eigenvalue weighted by molar-refractivity contribution is -0.148. The Morgan fingerprint density at radius 1 is 1.23 bits per heavy atom. The minimum absolute atomic E-state index is 0.150. The maximum atomic E-state index is 12.7. The first-order chi connectivity index (χ1) is 12.5. The summed E-state index contributed by atoms with van der Waals surface area (Å²) in [4.78, 5) is 24.5. The Hall–Kier alpha value is -2.37. The Kier molecular flexibility index (Phi) is 5.59. The van der Waals surface area contributed by atoms with Gasteiger partial charge in [-0.05, 0) is 42.2 Å². The fourth-order valence-electron chi connectivity index (χ4n) is 3.03. The molecule has 1 aliphatic heterocycles. The Labute approximate surface area is 157 Å². The van der Waals surface area contributed by atoms with E-state index < -0.39 is 12.1 Å². The van der Waals surface area contributed by atoms with Crippen LogP contribution in [0.3, 0.4) is 0 Å². The number of morpholine rings is 1. The van der Waals surface area contributed by atoms with Gasteiger partial charge in [0.25, 0.3) is 5.91 Å². The second kappa shape index (κ2) is 7.89. The third-order valence-corrected chi connectivity index (χ3v) is 5.03. The fourth-order valence-corrected chi connectivity index (χ4v) is 3.29. The van der Waals surface area contributed by atoms with Gasteiger partial charge in [0.1, 0.15) is 6.61 Å². The van der Waals surface area contributed by atoms with Crippen molar-refractivity contribution in [1.29, 1.82) is 0 Å². The smallest absolute Gasteiger partial charge is 0.251 e. The van der Waals surface area contributed by atoms with E-state index >= 15 is 0 Å². The van der Waals surface area contributed by atoms with Crippen molar-refractivity contribution < 1.29 is 14.3 Å². The number of rotatable bonds is 4. The highest BCUT2D eigenvalue weighted by molar-refractivity contribution is 6.31. The molecule has 26 heavy (non-hydrogen) atoms. The number of halogens is 1. The Bertz CT molecular complexity index is 838. The maximum Gasteiger partial charge on any atom is 0.251 e. The van der Waals surface area contributed by atoms with Crippen LogP contribution >= 0.6 is 11.6 Å². The van der Waals surface area contributed by atoms with Crippen LogP contribution in [0.25, 0.3) is 0 Å². The quantitative estimate of drug-likeness (QED) is 0.867. The van der Waals surface area contributed by atoms with Crippen molar-refractivity contribution in [3.63, 3.8) is 0 Å². The molecule has 2 aromatic rings. The highest BCUT2D eigenvalue weighted by atomic mass is 35.5. The van der Waals surface area contributed by atoms with Gasteiger partial charge < -0.3 is 15.4 Å². The Morgan fingerprint density at radius 2 is 2.00 bits per heavy atom. The van der Waals surface area contributed by atoms with Crippen LogP contribution in [-0.2, 0) is 20.9 Å². The lowest BCUT2D eigenvalue weighted by Gasteiger charge is -2.32. The zero-order valence-corrected chi connectivity index (χ0v) is 15.5. The largest absolute Gasteiger partial charge is 0.356 e. The van der Waals surface area contributed by atoms with E-state index in [0.717, 1.165) is 11.1 Å². The van der Waals surface area contributed by atoms with Crippen molar-refractivity contribution in [3.05, 3.63) is 69.7 Å². The molecule has 0 spiro atoms. The Morgan fingerprint density at radius 3 is 2.77 bits per heavy atom. The van der Waals surface area contributed by atoms with E-state index in [1.807, 2.05) is 38.1 Å². The van der Waals surface area contributed by atoms with Gasteiger partial charge in [-0.3, -0.25) is 9.59 Å². The van der Waals surface area contributed by atoms with Gasteiger partial charge in [-0.1, -0.05) is 48.0 Å². The molecule has 6 heteroatoms. The average molecular weight is 373 g/mol. The summed E-state index contributed by atoms with van der Waals surface area (Å²) >= 11 is 6.25. The van der Waals surface area contributed by atoms with Crippen molar-refractivity contribution in [2.24, 2.45) is 0 Å². The van der Waals surface area contributed by atoms with Gasteiger partial charge >= 0.3 is 0 Å². The molecule has 1 aliphatic rings. The number of carbonyl (C=O) groups excluding carboxylic acids is 2. The molecular weight excluding hydrogens is 352 g/mol. The number of nitrogens with one attached hydrogen (secondary N) is 2. The zero-order valence-electron chi connectivity index (χ0n) is 14.7. The molecule has 2 amide bonds. The third-order valence-electron chi connectivity index (χ3n) is 4.68. The van der Waals surface area contributed by atoms with E-state index in [1.165, 1.54) is 5.56 Å². The molecule has 0 aliphatic carbocycles. The SMILES string of the molecule is Cc1cccc(CNC(=O)[C@H]2OCC(=O)N[C@@H]2c2ccccc2Cl)c1C. The molecule has 3 rings (SSSR count). The van der Waals surface area contributed by atoms with Gasteiger partial charge in [-0.25, -0.2) is 0 Å². The summed E-state index contributed by atoms with van der Waals surface area (Å²) in [5, 5.41) is 6.21. The highest BCUT2D eigenvalue weighted by Gasteiger charge is 2.36. The third kappa shape index (κ3) is 3.89. The number of benzene rings is 2. The molecule has 1 saturated heterocycles. The second-order valence-electron chi connectivity index (χ2n) is 6.38. The molecule has 1 heterocycles. The van der Waals surface area contributed by atoms with Gasteiger partial charge in [0.15, 0.2) is 6.10 Å². The molecule has 2 atom stereocenters. The zero-order chi connectivity index (χ0) is 18.7. The molecule has 0 unspecified atom stereocenters. The normalized spacial score (nSPS) is 19.7.